The topological polar surface area (TPSA) is 35.5 Å². The summed E-state index contributed by atoms with van der Waals surface area (Å²) in [4.78, 5) is 12.6. The number of carbonyl (C=O) groups is 1. The molecule has 0 N–H and O–H groups in total. The summed E-state index contributed by atoms with van der Waals surface area (Å²) in [5, 5.41) is 0. The zero-order valence-electron chi connectivity index (χ0n) is 21.2. The normalized spacial score (nSPS) is 20.6. The Morgan fingerprint density at radius 3 is 2.12 bits per heavy atom. The first-order valence-electron chi connectivity index (χ1n) is 13.5. The van der Waals surface area contributed by atoms with Crippen LogP contribution in [0.1, 0.15) is 133 Å². The molecule has 3 nitrogen and oxygen atoms in total. The van der Waals surface area contributed by atoms with Gasteiger partial charge in [-0.3, -0.25) is 0 Å². The molecule has 0 bridgehead atoms. The summed E-state index contributed by atoms with van der Waals surface area (Å²) in [5.74, 6) is 1.32. The number of esters is 1. The molecule has 0 radical (unpaired) electrons. The number of rotatable bonds is 15. The molecule has 1 aromatic carbocycles. The van der Waals surface area contributed by atoms with Crippen LogP contribution in [0.5, 0.6) is 0 Å². The summed E-state index contributed by atoms with van der Waals surface area (Å²) in [5.41, 5.74) is 2.02. The molecule has 1 aliphatic carbocycles. The standard InChI is InChI=1S/C29H48O3/c1-5-7-9-10-12-22-31-23(3)24(4)32-29(30)28-20-18-27(19-21-28)26-16-14-25(15-17-26)13-11-8-6-2/h18-21,23-26H,5-17,22H2,1-4H3. The van der Waals surface area contributed by atoms with Crippen molar-refractivity contribution in [2.24, 2.45) is 5.92 Å². The van der Waals surface area contributed by atoms with Crippen LogP contribution in [0.3, 0.4) is 0 Å². The molecule has 1 saturated carbocycles. The number of ether oxygens (including phenoxy) is 2. The van der Waals surface area contributed by atoms with Crippen molar-refractivity contribution in [3.05, 3.63) is 35.4 Å². The first-order valence-corrected chi connectivity index (χ1v) is 13.5. The van der Waals surface area contributed by atoms with Crippen LogP contribution in [0.4, 0.5) is 0 Å². The maximum atomic E-state index is 12.6. The molecule has 182 valence electrons. The van der Waals surface area contributed by atoms with E-state index in [-0.39, 0.29) is 18.2 Å². The van der Waals surface area contributed by atoms with Crippen molar-refractivity contribution in [1.82, 2.24) is 0 Å². The minimum absolute atomic E-state index is 0.0862. The van der Waals surface area contributed by atoms with E-state index in [1.807, 2.05) is 26.0 Å². The fraction of sp³-hybridized carbons (Fsp3) is 0.759. The monoisotopic (exact) mass is 444 g/mol. The average molecular weight is 445 g/mol. The summed E-state index contributed by atoms with van der Waals surface area (Å²) >= 11 is 0. The molecule has 2 unspecified atom stereocenters. The minimum Gasteiger partial charge on any atom is -0.456 e. The van der Waals surface area contributed by atoms with Gasteiger partial charge in [0.25, 0.3) is 0 Å². The van der Waals surface area contributed by atoms with Gasteiger partial charge in [0, 0.05) is 6.61 Å². The first kappa shape index (κ1) is 26.9. The molecule has 32 heavy (non-hydrogen) atoms. The van der Waals surface area contributed by atoms with Crippen LogP contribution in [-0.2, 0) is 9.47 Å². The Morgan fingerprint density at radius 2 is 1.47 bits per heavy atom. The molecule has 0 saturated heterocycles. The van der Waals surface area contributed by atoms with Gasteiger partial charge in [-0.15, -0.1) is 0 Å². The molecule has 0 spiro atoms. The fourth-order valence-electron chi connectivity index (χ4n) is 4.80. The van der Waals surface area contributed by atoms with Crippen LogP contribution in [0, 0.1) is 5.92 Å². The zero-order chi connectivity index (χ0) is 23.2. The lowest BCUT2D eigenvalue weighted by molar-refractivity contribution is -0.0386. The van der Waals surface area contributed by atoms with Gasteiger partial charge in [0.05, 0.1) is 11.7 Å². The number of hydrogen-bond acceptors (Lipinski definition) is 3. The largest absolute Gasteiger partial charge is 0.456 e. The Bertz CT molecular complexity index is 616. The van der Waals surface area contributed by atoms with Crippen LogP contribution in [-0.4, -0.2) is 24.8 Å². The highest BCUT2D eigenvalue weighted by Crippen LogP contribution is 2.37. The third-order valence-electron chi connectivity index (χ3n) is 7.26. The third-order valence-corrected chi connectivity index (χ3v) is 7.26. The van der Waals surface area contributed by atoms with Gasteiger partial charge >= 0.3 is 5.97 Å². The van der Waals surface area contributed by atoms with Crippen molar-refractivity contribution in [1.29, 1.82) is 0 Å². The quantitative estimate of drug-likeness (QED) is 0.201. The SMILES string of the molecule is CCCCCCCOC(C)C(C)OC(=O)c1ccc(C2CCC(CCCCC)CC2)cc1. The summed E-state index contributed by atoms with van der Waals surface area (Å²) in [6.07, 6.45) is 16.5. The summed E-state index contributed by atoms with van der Waals surface area (Å²) in [6.45, 7) is 9.16. The molecule has 0 aliphatic heterocycles. The second-order valence-corrected chi connectivity index (χ2v) is 9.94. The van der Waals surface area contributed by atoms with E-state index in [0.29, 0.717) is 11.5 Å². The Balaban J connectivity index is 1.71. The fourth-order valence-corrected chi connectivity index (χ4v) is 4.80. The molecule has 2 rings (SSSR count). The van der Waals surface area contributed by atoms with Gasteiger partial charge in [0.2, 0.25) is 0 Å². The predicted molar refractivity (Wildman–Crippen MR) is 134 cm³/mol. The van der Waals surface area contributed by atoms with E-state index in [1.165, 1.54) is 82.6 Å². The zero-order valence-corrected chi connectivity index (χ0v) is 21.2. The summed E-state index contributed by atoms with van der Waals surface area (Å²) in [6, 6.07) is 8.16. The Labute approximate surface area is 197 Å². The second kappa shape index (κ2) is 15.5. The van der Waals surface area contributed by atoms with E-state index in [0.717, 1.165) is 18.9 Å². The highest BCUT2D eigenvalue weighted by atomic mass is 16.6. The van der Waals surface area contributed by atoms with Gasteiger partial charge in [-0.25, -0.2) is 4.79 Å². The molecule has 0 amide bonds. The van der Waals surface area contributed by atoms with Crippen LogP contribution >= 0.6 is 0 Å². The van der Waals surface area contributed by atoms with Gasteiger partial charge in [0.1, 0.15) is 6.10 Å². The maximum Gasteiger partial charge on any atom is 0.338 e. The molecular formula is C29H48O3. The van der Waals surface area contributed by atoms with E-state index in [4.69, 9.17) is 9.47 Å². The highest BCUT2D eigenvalue weighted by Gasteiger charge is 2.23. The van der Waals surface area contributed by atoms with Crippen LogP contribution in [0.15, 0.2) is 24.3 Å². The van der Waals surface area contributed by atoms with Gasteiger partial charge in [-0.2, -0.15) is 0 Å². The molecule has 0 heterocycles. The Hall–Kier alpha value is -1.35. The highest BCUT2D eigenvalue weighted by molar-refractivity contribution is 5.89. The van der Waals surface area contributed by atoms with Crippen LogP contribution < -0.4 is 0 Å². The Kier molecular flexibility index (Phi) is 13.0. The van der Waals surface area contributed by atoms with Crippen LogP contribution in [0.2, 0.25) is 0 Å². The van der Waals surface area contributed by atoms with E-state index in [9.17, 15) is 4.79 Å². The van der Waals surface area contributed by atoms with Crippen molar-refractivity contribution < 1.29 is 14.3 Å². The molecule has 0 aromatic heterocycles. The van der Waals surface area contributed by atoms with Gasteiger partial charge in [0.15, 0.2) is 0 Å². The molecule has 1 fully saturated rings. The van der Waals surface area contributed by atoms with E-state index in [2.05, 4.69) is 26.0 Å². The minimum atomic E-state index is -0.249. The van der Waals surface area contributed by atoms with Crippen LogP contribution in [0.25, 0.3) is 0 Å². The van der Waals surface area contributed by atoms with Gasteiger partial charge in [-0.05, 0) is 75.5 Å². The summed E-state index contributed by atoms with van der Waals surface area (Å²) in [7, 11) is 0. The lowest BCUT2D eigenvalue weighted by Crippen LogP contribution is -2.29. The van der Waals surface area contributed by atoms with Crippen molar-refractivity contribution >= 4 is 5.97 Å². The lowest BCUT2D eigenvalue weighted by Gasteiger charge is -2.29. The molecule has 1 aliphatic rings. The number of hydrogen-bond donors (Lipinski definition) is 0. The summed E-state index contributed by atoms with van der Waals surface area (Å²) < 4.78 is 11.6. The average Bonchev–Trinajstić information content (AvgIpc) is 2.82. The lowest BCUT2D eigenvalue weighted by atomic mass is 9.77. The van der Waals surface area contributed by atoms with Crippen molar-refractivity contribution in [2.45, 2.75) is 129 Å². The van der Waals surface area contributed by atoms with Crippen molar-refractivity contribution in [3.8, 4) is 0 Å². The van der Waals surface area contributed by atoms with Gasteiger partial charge < -0.3 is 9.47 Å². The van der Waals surface area contributed by atoms with Crippen molar-refractivity contribution in [2.75, 3.05) is 6.61 Å². The number of unbranched alkanes of at least 4 members (excludes halogenated alkanes) is 6. The van der Waals surface area contributed by atoms with E-state index < -0.39 is 0 Å². The van der Waals surface area contributed by atoms with E-state index >= 15 is 0 Å². The number of benzene rings is 1. The molecule has 3 heteroatoms. The molecule has 2 atom stereocenters. The molecule has 1 aromatic rings. The molecular weight excluding hydrogens is 396 g/mol. The smallest absolute Gasteiger partial charge is 0.338 e. The van der Waals surface area contributed by atoms with Crippen molar-refractivity contribution in [3.63, 3.8) is 0 Å². The Morgan fingerprint density at radius 1 is 0.844 bits per heavy atom. The second-order valence-electron chi connectivity index (χ2n) is 9.94. The predicted octanol–water partition coefficient (Wildman–Crippen LogP) is 8.46. The number of carbonyl (C=O) groups excluding carboxylic acids is 1. The van der Waals surface area contributed by atoms with Gasteiger partial charge in [-0.1, -0.05) is 77.3 Å². The maximum absolute atomic E-state index is 12.6. The first-order chi connectivity index (χ1) is 15.5. The van der Waals surface area contributed by atoms with E-state index in [1.54, 1.807) is 0 Å². The third kappa shape index (κ3) is 9.65.